The summed E-state index contributed by atoms with van der Waals surface area (Å²) >= 11 is 0. The lowest BCUT2D eigenvalue weighted by molar-refractivity contribution is -0.115. The highest BCUT2D eigenvalue weighted by molar-refractivity contribution is 5.95. The van der Waals surface area contributed by atoms with E-state index in [1.165, 1.54) is 0 Å². The van der Waals surface area contributed by atoms with Gasteiger partial charge >= 0.3 is 0 Å². The summed E-state index contributed by atoms with van der Waals surface area (Å²) in [4.78, 5) is 24.1. The first-order valence-corrected chi connectivity index (χ1v) is 7.36. The number of H-pyrrole nitrogens is 1. The van der Waals surface area contributed by atoms with Gasteiger partial charge in [0, 0.05) is 17.1 Å². The molecule has 0 atom stereocenters. The minimum Gasteiger partial charge on any atom is -0.454 e. The van der Waals surface area contributed by atoms with Gasteiger partial charge in [-0.2, -0.15) is 5.10 Å². The zero-order valence-corrected chi connectivity index (χ0v) is 12.5. The molecule has 1 aliphatic heterocycles. The zero-order valence-electron chi connectivity index (χ0n) is 12.5. The van der Waals surface area contributed by atoms with Crippen molar-refractivity contribution in [3.63, 3.8) is 0 Å². The molecule has 2 N–H and O–H groups in total. The van der Waals surface area contributed by atoms with E-state index >= 15 is 0 Å². The maximum absolute atomic E-state index is 12.3. The van der Waals surface area contributed by atoms with Crippen molar-refractivity contribution in [3.05, 3.63) is 58.5 Å². The van der Waals surface area contributed by atoms with E-state index in [1.807, 2.05) is 6.07 Å². The lowest BCUT2D eigenvalue weighted by Gasteiger charge is -2.07. The van der Waals surface area contributed by atoms with Gasteiger partial charge in [-0.25, -0.2) is 5.10 Å². The van der Waals surface area contributed by atoms with Crippen LogP contribution in [-0.2, 0) is 11.2 Å². The molecule has 24 heavy (non-hydrogen) atoms. The van der Waals surface area contributed by atoms with Crippen molar-refractivity contribution >= 4 is 22.4 Å². The third kappa shape index (κ3) is 2.56. The maximum Gasteiger partial charge on any atom is 0.272 e. The fourth-order valence-corrected chi connectivity index (χ4v) is 2.64. The first-order valence-electron chi connectivity index (χ1n) is 7.36. The molecule has 7 heteroatoms. The van der Waals surface area contributed by atoms with Crippen molar-refractivity contribution in [3.8, 4) is 11.5 Å². The second-order valence-electron chi connectivity index (χ2n) is 5.34. The summed E-state index contributed by atoms with van der Waals surface area (Å²) in [6.07, 6.45) is 0.0474. The van der Waals surface area contributed by atoms with E-state index < -0.39 is 0 Å². The molecule has 0 fully saturated rings. The molecule has 1 aliphatic rings. The molecule has 3 aromatic rings. The van der Waals surface area contributed by atoms with Gasteiger partial charge < -0.3 is 14.8 Å². The van der Waals surface area contributed by atoms with Crippen molar-refractivity contribution in [1.29, 1.82) is 0 Å². The van der Waals surface area contributed by atoms with Crippen molar-refractivity contribution in [2.24, 2.45) is 0 Å². The Morgan fingerprint density at radius 3 is 2.79 bits per heavy atom. The lowest BCUT2D eigenvalue weighted by atomic mass is 10.1. The molecular weight excluding hydrogens is 310 g/mol. The standard InChI is InChI=1S/C17H13N3O4/c21-16(18-10-5-6-14-15(7-10)24-9-23-14)8-13-11-3-1-2-4-12(11)17(22)20-19-13/h1-7H,8-9H2,(H,18,21)(H,20,22). The Morgan fingerprint density at radius 1 is 1.12 bits per heavy atom. The first-order chi connectivity index (χ1) is 11.7. The topological polar surface area (TPSA) is 93.3 Å². The van der Waals surface area contributed by atoms with Crippen LogP contribution in [0.3, 0.4) is 0 Å². The highest BCUT2D eigenvalue weighted by Crippen LogP contribution is 2.34. The summed E-state index contributed by atoms with van der Waals surface area (Å²) in [7, 11) is 0. The number of hydrogen-bond acceptors (Lipinski definition) is 5. The van der Waals surface area contributed by atoms with Crippen molar-refractivity contribution < 1.29 is 14.3 Å². The van der Waals surface area contributed by atoms with Crippen LogP contribution in [-0.4, -0.2) is 22.9 Å². The quantitative estimate of drug-likeness (QED) is 0.767. The predicted molar refractivity (Wildman–Crippen MR) is 87.3 cm³/mol. The summed E-state index contributed by atoms with van der Waals surface area (Å²) in [6, 6.07) is 12.3. The number of nitrogens with zero attached hydrogens (tertiary/aromatic N) is 1. The average molecular weight is 323 g/mol. The van der Waals surface area contributed by atoms with Gasteiger partial charge in [0.05, 0.1) is 17.5 Å². The van der Waals surface area contributed by atoms with Crippen LogP contribution < -0.4 is 20.3 Å². The van der Waals surface area contributed by atoms with Gasteiger partial charge in [-0.15, -0.1) is 0 Å². The van der Waals surface area contributed by atoms with E-state index in [0.717, 1.165) is 0 Å². The van der Waals surface area contributed by atoms with E-state index in [1.54, 1.807) is 36.4 Å². The molecule has 120 valence electrons. The van der Waals surface area contributed by atoms with Gasteiger partial charge in [0.2, 0.25) is 12.7 Å². The average Bonchev–Trinajstić information content (AvgIpc) is 3.05. The number of nitrogens with one attached hydrogen (secondary N) is 2. The van der Waals surface area contributed by atoms with Gasteiger partial charge in [-0.05, 0) is 18.2 Å². The number of hydrogen-bond donors (Lipinski definition) is 2. The Kier molecular flexibility index (Phi) is 3.38. The lowest BCUT2D eigenvalue weighted by Crippen LogP contribution is -2.18. The largest absolute Gasteiger partial charge is 0.454 e. The van der Waals surface area contributed by atoms with Crippen LogP contribution in [0.2, 0.25) is 0 Å². The number of anilines is 1. The summed E-state index contributed by atoms with van der Waals surface area (Å²) in [5.41, 5.74) is 0.854. The second kappa shape index (κ2) is 5.69. The highest BCUT2D eigenvalue weighted by atomic mass is 16.7. The molecule has 0 saturated heterocycles. The first kappa shape index (κ1) is 14.3. The van der Waals surface area contributed by atoms with E-state index in [-0.39, 0.29) is 24.7 Å². The van der Waals surface area contributed by atoms with E-state index in [9.17, 15) is 9.59 Å². The Balaban J connectivity index is 1.57. The Labute approximate surface area is 136 Å². The summed E-state index contributed by atoms with van der Waals surface area (Å²) in [5, 5.41) is 10.4. The molecule has 1 aromatic heterocycles. The van der Waals surface area contributed by atoms with E-state index in [0.29, 0.717) is 33.7 Å². The molecule has 0 bridgehead atoms. The monoisotopic (exact) mass is 323 g/mol. The normalized spacial score (nSPS) is 12.3. The van der Waals surface area contributed by atoms with Gasteiger partial charge in [0.25, 0.3) is 5.56 Å². The van der Waals surface area contributed by atoms with Crippen molar-refractivity contribution in [2.75, 3.05) is 12.1 Å². The molecular formula is C17H13N3O4. The molecule has 2 heterocycles. The van der Waals surface area contributed by atoms with Crippen molar-refractivity contribution in [1.82, 2.24) is 10.2 Å². The Hall–Kier alpha value is -3.35. The van der Waals surface area contributed by atoms with Crippen LogP contribution in [0.4, 0.5) is 5.69 Å². The minimum absolute atomic E-state index is 0.0474. The number of fused-ring (bicyclic) bond motifs is 2. The minimum atomic E-state index is -0.273. The predicted octanol–water partition coefficient (Wildman–Crippen LogP) is 1.83. The van der Waals surface area contributed by atoms with Crippen LogP contribution >= 0.6 is 0 Å². The molecule has 2 aromatic carbocycles. The van der Waals surface area contributed by atoms with Gasteiger partial charge in [0.1, 0.15) is 0 Å². The van der Waals surface area contributed by atoms with Gasteiger partial charge in [-0.1, -0.05) is 18.2 Å². The Bertz CT molecular complexity index is 997. The highest BCUT2D eigenvalue weighted by Gasteiger charge is 2.15. The fraction of sp³-hybridized carbons (Fsp3) is 0.118. The number of aromatic nitrogens is 2. The zero-order chi connectivity index (χ0) is 16.5. The van der Waals surface area contributed by atoms with Crippen LogP contribution in [0.15, 0.2) is 47.3 Å². The van der Waals surface area contributed by atoms with E-state index in [4.69, 9.17) is 9.47 Å². The van der Waals surface area contributed by atoms with E-state index in [2.05, 4.69) is 15.5 Å². The summed E-state index contributed by atoms with van der Waals surface area (Å²) in [5.74, 6) is 1.01. The molecule has 0 aliphatic carbocycles. The molecule has 4 rings (SSSR count). The number of aromatic amines is 1. The summed E-state index contributed by atoms with van der Waals surface area (Å²) in [6.45, 7) is 0.181. The molecule has 1 amide bonds. The number of carbonyl (C=O) groups is 1. The third-order valence-electron chi connectivity index (χ3n) is 3.76. The summed E-state index contributed by atoms with van der Waals surface area (Å²) < 4.78 is 10.5. The number of carbonyl (C=O) groups excluding carboxylic acids is 1. The SMILES string of the molecule is O=C(Cc1n[nH]c(=O)c2ccccc12)Nc1ccc2c(c1)OCO2. The Morgan fingerprint density at radius 2 is 1.92 bits per heavy atom. The molecule has 0 radical (unpaired) electrons. The third-order valence-corrected chi connectivity index (χ3v) is 3.76. The molecule has 0 saturated carbocycles. The molecule has 0 spiro atoms. The van der Waals surface area contributed by atoms with Crippen LogP contribution in [0.5, 0.6) is 11.5 Å². The van der Waals surface area contributed by atoms with Crippen LogP contribution in [0.25, 0.3) is 10.8 Å². The number of amides is 1. The maximum atomic E-state index is 12.3. The number of ether oxygens (including phenoxy) is 2. The second-order valence-corrected chi connectivity index (χ2v) is 5.34. The fourth-order valence-electron chi connectivity index (χ4n) is 2.64. The number of benzene rings is 2. The van der Waals surface area contributed by atoms with Crippen LogP contribution in [0, 0.1) is 0 Å². The van der Waals surface area contributed by atoms with Crippen LogP contribution in [0.1, 0.15) is 5.69 Å². The molecule has 7 nitrogen and oxygen atoms in total. The smallest absolute Gasteiger partial charge is 0.272 e. The van der Waals surface area contributed by atoms with Crippen molar-refractivity contribution in [2.45, 2.75) is 6.42 Å². The molecule has 0 unspecified atom stereocenters. The number of rotatable bonds is 3. The van der Waals surface area contributed by atoms with Gasteiger partial charge in [-0.3, -0.25) is 9.59 Å². The van der Waals surface area contributed by atoms with Gasteiger partial charge in [0.15, 0.2) is 11.5 Å².